The minimum atomic E-state index is 0.516. The van der Waals surface area contributed by atoms with Gasteiger partial charge in [0.15, 0.2) is 0 Å². The van der Waals surface area contributed by atoms with E-state index in [4.69, 9.17) is 5.41 Å². The van der Waals surface area contributed by atoms with Crippen molar-refractivity contribution in [1.29, 1.82) is 5.41 Å². The Kier molecular flexibility index (Phi) is 7.52. The van der Waals surface area contributed by atoms with Gasteiger partial charge < -0.3 is 5.41 Å². The minimum absolute atomic E-state index is 0.516. The fourth-order valence-corrected chi connectivity index (χ4v) is 5.28. The number of allylic oxidation sites excluding steroid dienone is 3. The molecule has 190 valence electrons. The summed E-state index contributed by atoms with van der Waals surface area (Å²) in [5, 5.41) is 15.1. The second kappa shape index (κ2) is 11.3. The topological polar surface area (TPSA) is 23.9 Å². The predicted molar refractivity (Wildman–Crippen MR) is 173 cm³/mol. The molecular weight excluding hydrogens is 470 g/mol. The van der Waals surface area contributed by atoms with Crippen molar-refractivity contribution in [2.75, 3.05) is 0 Å². The van der Waals surface area contributed by atoms with Crippen LogP contribution in [-0.2, 0) is 0 Å². The normalized spacial score (nSPS) is 11.1. The SMILES string of the molecule is C=C(/C=C\C(C)=N)c1ccc2ccc(-c3c4ccccc4c(-c4ccccc4)c4ccccc34)cc2c1.CC. The molecule has 6 aromatic rings. The molecule has 0 aliphatic rings. The molecule has 1 N–H and O–H groups in total. The van der Waals surface area contributed by atoms with Crippen molar-refractivity contribution in [3.8, 4) is 22.3 Å². The van der Waals surface area contributed by atoms with E-state index in [0.717, 1.165) is 11.1 Å². The van der Waals surface area contributed by atoms with Gasteiger partial charge in [-0.05, 0) is 90.8 Å². The molecule has 0 spiro atoms. The Morgan fingerprint density at radius 3 is 1.64 bits per heavy atom. The Morgan fingerprint density at radius 2 is 1.08 bits per heavy atom. The van der Waals surface area contributed by atoms with Crippen molar-refractivity contribution in [1.82, 2.24) is 0 Å². The maximum Gasteiger partial charge on any atom is 0.0283 e. The quantitative estimate of drug-likeness (QED) is 0.137. The number of rotatable bonds is 5. The lowest BCUT2D eigenvalue weighted by atomic mass is 9.85. The van der Waals surface area contributed by atoms with Gasteiger partial charge in [-0.1, -0.05) is 130 Å². The molecule has 0 aliphatic heterocycles. The molecule has 6 rings (SSSR count). The third-order valence-electron chi connectivity index (χ3n) is 7.03. The standard InChI is InChI=1S/C36H27N.C2H6/c1-24(16-17-25(2)37)28-20-18-26-19-21-29(23-30(26)22-28)36-33-14-8-6-12-31(33)35(27-10-4-3-5-11-27)32-13-7-9-15-34(32)36;1-2/h3-23,37H,1H2,2H3;1-2H3/b17-16-,37-25?;. The zero-order valence-electron chi connectivity index (χ0n) is 22.8. The first-order valence-corrected chi connectivity index (χ1v) is 13.6. The molecule has 0 saturated carbocycles. The Labute approximate surface area is 231 Å². The summed E-state index contributed by atoms with van der Waals surface area (Å²) >= 11 is 0. The lowest BCUT2D eigenvalue weighted by Gasteiger charge is -2.18. The van der Waals surface area contributed by atoms with Gasteiger partial charge in [-0.2, -0.15) is 0 Å². The number of fused-ring (bicyclic) bond motifs is 3. The van der Waals surface area contributed by atoms with E-state index in [1.54, 1.807) is 13.0 Å². The molecule has 0 heterocycles. The highest BCUT2D eigenvalue weighted by Gasteiger charge is 2.16. The Balaban J connectivity index is 0.00000151. The van der Waals surface area contributed by atoms with E-state index < -0.39 is 0 Å². The van der Waals surface area contributed by atoms with Crippen molar-refractivity contribution in [3.63, 3.8) is 0 Å². The first-order valence-electron chi connectivity index (χ1n) is 13.6. The number of benzene rings is 6. The van der Waals surface area contributed by atoms with Crippen LogP contribution in [0.2, 0.25) is 0 Å². The van der Waals surface area contributed by atoms with Gasteiger partial charge >= 0.3 is 0 Å². The molecule has 0 aromatic heterocycles. The van der Waals surface area contributed by atoms with Crippen molar-refractivity contribution < 1.29 is 0 Å². The second-order valence-electron chi connectivity index (χ2n) is 9.53. The van der Waals surface area contributed by atoms with Gasteiger partial charge in [-0.15, -0.1) is 0 Å². The average Bonchev–Trinajstić information content (AvgIpc) is 2.99. The summed E-state index contributed by atoms with van der Waals surface area (Å²) in [4.78, 5) is 0. The van der Waals surface area contributed by atoms with Crippen LogP contribution in [0.15, 0.2) is 134 Å². The van der Waals surface area contributed by atoms with Crippen molar-refractivity contribution in [2.45, 2.75) is 20.8 Å². The molecule has 0 radical (unpaired) electrons. The fourth-order valence-electron chi connectivity index (χ4n) is 5.28. The molecule has 39 heavy (non-hydrogen) atoms. The second-order valence-corrected chi connectivity index (χ2v) is 9.53. The maximum absolute atomic E-state index is 7.68. The lowest BCUT2D eigenvalue weighted by molar-refractivity contribution is 1.50. The van der Waals surface area contributed by atoms with Crippen molar-refractivity contribution in [3.05, 3.63) is 140 Å². The van der Waals surface area contributed by atoms with Crippen LogP contribution in [0.25, 0.3) is 60.1 Å². The Hall–Kier alpha value is -4.75. The smallest absolute Gasteiger partial charge is 0.0283 e. The number of nitrogens with one attached hydrogen (secondary N) is 1. The van der Waals surface area contributed by atoms with Crippen LogP contribution in [-0.4, -0.2) is 5.71 Å². The van der Waals surface area contributed by atoms with Crippen LogP contribution in [0.1, 0.15) is 26.3 Å². The molecule has 0 fully saturated rings. The molecule has 1 heteroatoms. The number of hydrogen-bond donors (Lipinski definition) is 1. The van der Waals surface area contributed by atoms with Gasteiger partial charge in [-0.25, -0.2) is 0 Å². The maximum atomic E-state index is 7.68. The molecule has 0 saturated heterocycles. The summed E-state index contributed by atoms with van der Waals surface area (Å²) in [5.41, 5.74) is 7.46. The van der Waals surface area contributed by atoms with Crippen LogP contribution in [0, 0.1) is 5.41 Å². The minimum Gasteiger partial charge on any atom is -0.306 e. The van der Waals surface area contributed by atoms with E-state index in [1.807, 2.05) is 19.9 Å². The Morgan fingerprint density at radius 1 is 0.564 bits per heavy atom. The largest absolute Gasteiger partial charge is 0.306 e. The van der Waals surface area contributed by atoms with E-state index in [1.165, 1.54) is 54.6 Å². The molecule has 0 amide bonds. The average molecular weight is 504 g/mol. The van der Waals surface area contributed by atoms with Crippen LogP contribution in [0.5, 0.6) is 0 Å². The molecule has 0 atom stereocenters. The van der Waals surface area contributed by atoms with Crippen LogP contribution in [0.4, 0.5) is 0 Å². The van der Waals surface area contributed by atoms with Gasteiger partial charge in [0.2, 0.25) is 0 Å². The monoisotopic (exact) mass is 503 g/mol. The van der Waals surface area contributed by atoms with Crippen LogP contribution < -0.4 is 0 Å². The van der Waals surface area contributed by atoms with Gasteiger partial charge in [0.25, 0.3) is 0 Å². The van der Waals surface area contributed by atoms with Gasteiger partial charge in [-0.3, -0.25) is 0 Å². The van der Waals surface area contributed by atoms with Crippen LogP contribution >= 0.6 is 0 Å². The van der Waals surface area contributed by atoms with E-state index in [0.29, 0.717) is 5.71 Å². The van der Waals surface area contributed by atoms with E-state index in [-0.39, 0.29) is 0 Å². The summed E-state index contributed by atoms with van der Waals surface area (Å²) in [6.07, 6.45) is 3.70. The van der Waals surface area contributed by atoms with Gasteiger partial charge in [0.05, 0.1) is 0 Å². The summed E-state index contributed by atoms with van der Waals surface area (Å²) in [6, 6.07) is 41.4. The van der Waals surface area contributed by atoms with Crippen LogP contribution in [0.3, 0.4) is 0 Å². The first kappa shape index (κ1) is 25.9. The summed E-state index contributed by atoms with van der Waals surface area (Å²) < 4.78 is 0. The molecule has 0 unspecified atom stereocenters. The zero-order chi connectivity index (χ0) is 27.4. The van der Waals surface area contributed by atoms with Crippen molar-refractivity contribution >= 4 is 43.6 Å². The fraction of sp³-hybridized carbons (Fsp3) is 0.0789. The lowest BCUT2D eigenvalue weighted by Crippen LogP contribution is -1.91. The predicted octanol–water partition coefficient (Wildman–Crippen LogP) is 11.1. The number of hydrogen-bond acceptors (Lipinski definition) is 1. The highest BCUT2D eigenvalue weighted by Crippen LogP contribution is 2.44. The van der Waals surface area contributed by atoms with E-state index in [9.17, 15) is 0 Å². The highest BCUT2D eigenvalue weighted by atomic mass is 14.4. The molecule has 1 nitrogen and oxygen atoms in total. The van der Waals surface area contributed by atoms with E-state index in [2.05, 4.69) is 122 Å². The van der Waals surface area contributed by atoms with Crippen molar-refractivity contribution in [2.24, 2.45) is 0 Å². The summed E-state index contributed by atoms with van der Waals surface area (Å²) in [6.45, 7) is 9.99. The Bertz CT molecular complexity index is 1800. The highest BCUT2D eigenvalue weighted by molar-refractivity contribution is 6.21. The van der Waals surface area contributed by atoms with E-state index >= 15 is 0 Å². The first-order chi connectivity index (χ1) is 19.1. The van der Waals surface area contributed by atoms with Gasteiger partial charge in [0, 0.05) is 5.71 Å². The molecule has 0 bridgehead atoms. The molecular formula is C38H33N. The zero-order valence-corrected chi connectivity index (χ0v) is 22.8. The summed E-state index contributed by atoms with van der Waals surface area (Å²) in [5.74, 6) is 0. The molecule has 0 aliphatic carbocycles. The van der Waals surface area contributed by atoms with Gasteiger partial charge in [0.1, 0.15) is 0 Å². The summed E-state index contributed by atoms with van der Waals surface area (Å²) in [7, 11) is 0. The third kappa shape index (κ3) is 5.04. The molecule has 6 aromatic carbocycles. The third-order valence-corrected chi connectivity index (χ3v) is 7.03.